The highest BCUT2D eigenvalue weighted by Gasteiger charge is 2.24. The van der Waals surface area contributed by atoms with Gasteiger partial charge in [0.1, 0.15) is 6.07 Å². The molecule has 0 bridgehead atoms. The standard InChI is InChI=1S/C22H25N3O2S/c1-16(17(2)25-11-13-27-14-12-25)24-22(26)19-8-4-6-10-21(19)28-20-9-5-3-7-18(20)15-23/h3-10,16-17H,11-14H2,1-2H3,(H,24,26). The Kier molecular flexibility index (Phi) is 7.10. The molecule has 2 aromatic rings. The zero-order valence-corrected chi connectivity index (χ0v) is 17.0. The van der Waals surface area contributed by atoms with E-state index in [1.54, 1.807) is 6.07 Å². The Balaban J connectivity index is 1.73. The predicted molar refractivity (Wildman–Crippen MR) is 111 cm³/mol. The molecule has 5 nitrogen and oxygen atoms in total. The van der Waals surface area contributed by atoms with E-state index in [0.717, 1.165) is 36.1 Å². The molecule has 0 spiro atoms. The fourth-order valence-corrected chi connectivity index (χ4v) is 4.24. The summed E-state index contributed by atoms with van der Waals surface area (Å²) in [6, 6.07) is 17.4. The summed E-state index contributed by atoms with van der Waals surface area (Å²) >= 11 is 1.45. The number of carbonyl (C=O) groups is 1. The van der Waals surface area contributed by atoms with Crippen LogP contribution in [-0.4, -0.2) is 49.2 Å². The first-order valence-electron chi connectivity index (χ1n) is 9.49. The Hall–Kier alpha value is -2.33. The summed E-state index contributed by atoms with van der Waals surface area (Å²) in [7, 11) is 0. The van der Waals surface area contributed by atoms with E-state index in [1.165, 1.54) is 11.8 Å². The SMILES string of the molecule is CC(NC(=O)c1ccccc1Sc1ccccc1C#N)C(C)N1CCOCC1. The van der Waals surface area contributed by atoms with Gasteiger partial charge in [0, 0.05) is 35.0 Å². The number of rotatable bonds is 6. The van der Waals surface area contributed by atoms with Gasteiger partial charge in [0.15, 0.2) is 0 Å². The van der Waals surface area contributed by atoms with Gasteiger partial charge < -0.3 is 10.1 Å². The average Bonchev–Trinajstić information content (AvgIpc) is 2.74. The number of carbonyl (C=O) groups excluding carboxylic acids is 1. The van der Waals surface area contributed by atoms with E-state index in [2.05, 4.69) is 23.2 Å². The molecule has 0 aromatic heterocycles. The van der Waals surface area contributed by atoms with Crippen molar-refractivity contribution in [3.8, 4) is 6.07 Å². The van der Waals surface area contributed by atoms with Gasteiger partial charge >= 0.3 is 0 Å². The second-order valence-corrected chi connectivity index (χ2v) is 7.94. The van der Waals surface area contributed by atoms with Crippen LogP contribution >= 0.6 is 11.8 Å². The number of nitriles is 1. The molecule has 28 heavy (non-hydrogen) atoms. The molecule has 1 N–H and O–H groups in total. The first kappa shape index (κ1) is 20.4. The van der Waals surface area contributed by atoms with Crippen LogP contribution in [0.2, 0.25) is 0 Å². The van der Waals surface area contributed by atoms with Crippen LogP contribution < -0.4 is 5.32 Å². The number of hydrogen-bond donors (Lipinski definition) is 1. The summed E-state index contributed by atoms with van der Waals surface area (Å²) in [6.07, 6.45) is 0. The third-order valence-corrected chi connectivity index (χ3v) is 6.21. The summed E-state index contributed by atoms with van der Waals surface area (Å²) in [5.41, 5.74) is 1.23. The van der Waals surface area contributed by atoms with Crippen LogP contribution in [0.25, 0.3) is 0 Å². The van der Waals surface area contributed by atoms with Crippen molar-refractivity contribution in [3.05, 3.63) is 59.7 Å². The van der Waals surface area contributed by atoms with Gasteiger partial charge in [-0.15, -0.1) is 0 Å². The van der Waals surface area contributed by atoms with Crippen LogP contribution in [0.4, 0.5) is 0 Å². The smallest absolute Gasteiger partial charge is 0.252 e. The van der Waals surface area contributed by atoms with Crippen LogP contribution in [0, 0.1) is 11.3 Å². The average molecular weight is 396 g/mol. The molecule has 1 amide bonds. The third kappa shape index (κ3) is 4.93. The highest BCUT2D eigenvalue weighted by Crippen LogP contribution is 2.32. The van der Waals surface area contributed by atoms with Crippen LogP contribution in [0.1, 0.15) is 29.8 Å². The molecule has 0 radical (unpaired) electrons. The maximum atomic E-state index is 13.0. The van der Waals surface area contributed by atoms with Crippen LogP contribution in [0.3, 0.4) is 0 Å². The van der Waals surface area contributed by atoms with Gasteiger partial charge in [-0.2, -0.15) is 5.26 Å². The zero-order chi connectivity index (χ0) is 19.9. The summed E-state index contributed by atoms with van der Waals surface area (Å²) in [4.78, 5) is 17.0. The number of ether oxygens (including phenoxy) is 1. The molecule has 1 aliphatic rings. The number of morpholine rings is 1. The lowest BCUT2D eigenvalue weighted by Crippen LogP contribution is -2.52. The van der Waals surface area contributed by atoms with Crippen molar-refractivity contribution in [1.29, 1.82) is 5.26 Å². The Labute approximate surface area is 170 Å². The van der Waals surface area contributed by atoms with Gasteiger partial charge in [0.25, 0.3) is 5.91 Å². The monoisotopic (exact) mass is 395 g/mol. The van der Waals surface area contributed by atoms with Crippen LogP contribution in [0.5, 0.6) is 0 Å². The number of nitrogens with one attached hydrogen (secondary N) is 1. The minimum Gasteiger partial charge on any atom is -0.379 e. The Morgan fingerprint density at radius 1 is 1.11 bits per heavy atom. The Morgan fingerprint density at radius 3 is 2.46 bits per heavy atom. The minimum atomic E-state index is -0.0925. The van der Waals surface area contributed by atoms with E-state index in [-0.39, 0.29) is 18.0 Å². The van der Waals surface area contributed by atoms with Crippen molar-refractivity contribution in [2.45, 2.75) is 35.7 Å². The lowest BCUT2D eigenvalue weighted by molar-refractivity contribution is 0.0137. The van der Waals surface area contributed by atoms with Crippen molar-refractivity contribution in [2.24, 2.45) is 0 Å². The molecule has 2 unspecified atom stereocenters. The number of nitrogens with zero attached hydrogens (tertiary/aromatic N) is 2. The van der Waals surface area contributed by atoms with Crippen molar-refractivity contribution in [2.75, 3.05) is 26.3 Å². The van der Waals surface area contributed by atoms with Crippen LogP contribution in [0.15, 0.2) is 58.3 Å². The largest absolute Gasteiger partial charge is 0.379 e. The molecule has 1 fully saturated rings. The van der Waals surface area contributed by atoms with Gasteiger partial charge in [-0.05, 0) is 38.1 Å². The topological polar surface area (TPSA) is 65.4 Å². The lowest BCUT2D eigenvalue weighted by atomic mass is 10.1. The molecule has 6 heteroatoms. The molecule has 3 rings (SSSR count). The van der Waals surface area contributed by atoms with E-state index in [1.807, 2.05) is 49.4 Å². The Morgan fingerprint density at radius 2 is 1.75 bits per heavy atom. The molecule has 1 aliphatic heterocycles. The first-order valence-corrected chi connectivity index (χ1v) is 10.3. The summed E-state index contributed by atoms with van der Waals surface area (Å²) in [5.74, 6) is -0.0925. The van der Waals surface area contributed by atoms with E-state index in [4.69, 9.17) is 4.74 Å². The number of hydrogen-bond acceptors (Lipinski definition) is 5. The molecule has 2 atom stereocenters. The fourth-order valence-electron chi connectivity index (χ4n) is 3.22. The minimum absolute atomic E-state index is 0.00931. The van der Waals surface area contributed by atoms with E-state index < -0.39 is 0 Å². The highest BCUT2D eigenvalue weighted by molar-refractivity contribution is 7.99. The number of amides is 1. The fraction of sp³-hybridized carbons (Fsp3) is 0.364. The van der Waals surface area contributed by atoms with Gasteiger partial charge in [0.2, 0.25) is 0 Å². The number of benzene rings is 2. The van der Waals surface area contributed by atoms with E-state index in [9.17, 15) is 10.1 Å². The zero-order valence-electron chi connectivity index (χ0n) is 16.2. The quantitative estimate of drug-likeness (QED) is 0.810. The van der Waals surface area contributed by atoms with Crippen molar-refractivity contribution < 1.29 is 9.53 Å². The molecular formula is C22H25N3O2S. The van der Waals surface area contributed by atoms with E-state index in [0.29, 0.717) is 11.1 Å². The van der Waals surface area contributed by atoms with Crippen LogP contribution in [-0.2, 0) is 4.74 Å². The van der Waals surface area contributed by atoms with Crippen molar-refractivity contribution in [3.63, 3.8) is 0 Å². The first-order chi connectivity index (χ1) is 13.6. The molecule has 2 aromatic carbocycles. The molecule has 0 aliphatic carbocycles. The normalized spacial score (nSPS) is 16.8. The van der Waals surface area contributed by atoms with E-state index >= 15 is 0 Å². The molecule has 1 heterocycles. The Bertz CT molecular complexity index is 859. The third-order valence-electron chi connectivity index (χ3n) is 5.06. The predicted octanol–water partition coefficient (Wildman–Crippen LogP) is 3.55. The van der Waals surface area contributed by atoms with Gasteiger partial charge in [-0.3, -0.25) is 9.69 Å². The van der Waals surface area contributed by atoms with Gasteiger partial charge in [-0.1, -0.05) is 36.0 Å². The molecule has 1 saturated heterocycles. The van der Waals surface area contributed by atoms with Crippen molar-refractivity contribution >= 4 is 17.7 Å². The maximum Gasteiger partial charge on any atom is 0.252 e. The summed E-state index contributed by atoms with van der Waals surface area (Å²) in [6.45, 7) is 7.43. The molecular weight excluding hydrogens is 370 g/mol. The summed E-state index contributed by atoms with van der Waals surface area (Å²) < 4.78 is 5.42. The highest BCUT2D eigenvalue weighted by atomic mass is 32.2. The summed E-state index contributed by atoms with van der Waals surface area (Å²) in [5, 5.41) is 12.5. The lowest BCUT2D eigenvalue weighted by Gasteiger charge is -2.35. The van der Waals surface area contributed by atoms with Crippen molar-refractivity contribution in [1.82, 2.24) is 10.2 Å². The molecule has 146 valence electrons. The van der Waals surface area contributed by atoms with Gasteiger partial charge in [-0.25, -0.2) is 0 Å². The second kappa shape index (κ2) is 9.74. The maximum absolute atomic E-state index is 13.0. The second-order valence-electron chi connectivity index (χ2n) is 6.86. The van der Waals surface area contributed by atoms with Gasteiger partial charge in [0.05, 0.1) is 24.3 Å². The molecule has 0 saturated carbocycles.